The fourth-order valence-corrected chi connectivity index (χ4v) is 1.15. The molecule has 0 aliphatic rings. The summed E-state index contributed by atoms with van der Waals surface area (Å²) < 4.78 is 5.54. The molecule has 1 aromatic rings. The van der Waals surface area contributed by atoms with E-state index in [2.05, 4.69) is 25.0 Å². The molecule has 0 saturated heterocycles. The van der Waals surface area contributed by atoms with Gasteiger partial charge in [-0.1, -0.05) is 17.7 Å². The summed E-state index contributed by atoms with van der Waals surface area (Å²) in [5.74, 6) is 3.56. The molecule has 0 aromatic heterocycles. The van der Waals surface area contributed by atoms with E-state index in [0.717, 1.165) is 31.6 Å². The van der Waals surface area contributed by atoms with Gasteiger partial charge >= 0.3 is 0 Å². The number of terminal acetylenes is 1. The number of rotatable bonds is 5. The Hall–Kier alpha value is -1.42. The summed E-state index contributed by atoms with van der Waals surface area (Å²) in [5, 5.41) is 0. The van der Waals surface area contributed by atoms with Gasteiger partial charge in [0, 0.05) is 6.42 Å². The van der Waals surface area contributed by atoms with E-state index in [1.165, 1.54) is 5.56 Å². The second-order valence-corrected chi connectivity index (χ2v) is 3.32. The highest BCUT2D eigenvalue weighted by Crippen LogP contribution is 2.11. The van der Waals surface area contributed by atoms with Crippen molar-refractivity contribution in [3.05, 3.63) is 29.8 Å². The summed E-state index contributed by atoms with van der Waals surface area (Å²) in [4.78, 5) is 0. The van der Waals surface area contributed by atoms with Crippen LogP contribution in [-0.4, -0.2) is 6.61 Å². The summed E-state index contributed by atoms with van der Waals surface area (Å²) in [6.07, 6.45) is 8.06. The highest BCUT2D eigenvalue weighted by molar-refractivity contribution is 5.26. The van der Waals surface area contributed by atoms with E-state index in [4.69, 9.17) is 11.2 Å². The average molecular weight is 188 g/mol. The lowest BCUT2D eigenvalue weighted by atomic mass is 10.2. The lowest BCUT2D eigenvalue weighted by molar-refractivity contribution is 0.307. The molecule has 1 rings (SSSR count). The van der Waals surface area contributed by atoms with Crippen LogP contribution in [0.25, 0.3) is 0 Å². The van der Waals surface area contributed by atoms with Gasteiger partial charge in [0.1, 0.15) is 5.75 Å². The van der Waals surface area contributed by atoms with E-state index < -0.39 is 0 Å². The predicted molar refractivity (Wildman–Crippen MR) is 59.4 cm³/mol. The fraction of sp³-hybridized carbons (Fsp3) is 0.385. The average Bonchev–Trinajstić information content (AvgIpc) is 2.21. The predicted octanol–water partition coefficient (Wildman–Crippen LogP) is 3.18. The third kappa shape index (κ3) is 4.00. The Kier molecular flexibility index (Phi) is 4.64. The quantitative estimate of drug-likeness (QED) is 0.509. The van der Waals surface area contributed by atoms with E-state index in [-0.39, 0.29) is 0 Å². The van der Waals surface area contributed by atoms with Gasteiger partial charge in [-0.25, -0.2) is 0 Å². The molecule has 0 aliphatic carbocycles. The fourth-order valence-electron chi connectivity index (χ4n) is 1.15. The van der Waals surface area contributed by atoms with E-state index in [0.29, 0.717) is 0 Å². The minimum Gasteiger partial charge on any atom is -0.494 e. The molecule has 0 fully saturated rings. The highest BCUT2D eigenvalue weighted by Gasteiger charge is 1.92. The first-order chi connectivity index (χ1) is 6.83. The molecule has 0 bridgehead atoms. The summed E-state index contributed by atoms with van der Waals surface area (Å²) in [6.45, 7) is 2.82. The smallest absolute Gasteiger partial charge is 0.119 e. The van der Waals surface area contributed by atoms with Crippen LogP contribution in [-0.2, 0) is 0 Å². The molecule has 14 heavy (non-hydrogen) atoms. The normalized spacial score (nSPS) is 9.43. The highest BCUT2D eigenvalue weighted by atomic mass is 16.5. The van der Waals surface area contributed by atoms with E-state index in [1.54, 1.807) is 0 Å². The Labute approximate surface area is 86.1 Å². The van der Waals surface area contributed by atoms with Crippen molar-refractivity contribution in [2.75, 3.05) is 6.61 Å². The van der Waals surface area contributed by atoms with Gasteiger partial charge in [0.05, 0.1) is 6.61 Å². The van der Waals surface area contributed by atoms with Gasteiger partial charge < -0.3 is 4.74 Å². The molecule has 0 aliphatic heterocycles. The number of unbranched alkanes of at least 4 members (excludes halogenated alkanes) is 2. The van der Waals surface area contributed by atoms with Crippen LogP contribution < -0.4 is 4.74 Å². The third-order valence-electron chi connectivity index (χ3n) is 2.01. The molecule has 1 nitrogen and oxygen atoms in total. The van der Waals surface area contributed by atoms with Gasteiger partial charge in [-0.2, -0.15) is 0 Å². The van der Waals surface area contributed by atoms with Crippen LogP contribution in [0, 0.1) is 19.3 Å². The van der Waals surface area contributed by atoms with Gasteiger partial charge in [-0.15, -0.1) is 12.3 Å². The monoisotopic (exact) mass is 188 g/mol. The minimum atomic E-state index is 0.755. The van der Waals surface area contributed by atoms with Gasteiger partial charge in [0.15, 0.2) is 0 Å². The molecular weight excluding hydrogens is 172 g/mol. The van der Waals surface area contributed by atoms with Crippen molar-refractivity contribution in [1.82, 2.24) is 0 Å². The van der Waals surface area contributed by atoms with Gasteiger partial charge in [0.25, 0.3) is 0 Å². The van der Waals surface area contributed by atoms with E-state index in [9.17, 15) is 0 Å². The van der Waals surface area contributed by atoms with Crippen molar-refractivity contribution in [2.45, 2.75) is 26.2 Å². The summed E-state index contributed by atoms with van der Waals surface area (Å²) >= 11 is 0. The second-order valence-electron chi connectivity index (χ2n) is 3.32. The van der Waals surface area contributed by atoms with Gasteiger partial charge in [0.2, 0.25) is 0 Å². The van der Waals surface area contributed by atoms with Crippen LogP contribution >= 0.6 is 0 Å². The number of aryl methyl sites for hydroxylation is 1. The molecule has 0 heterocycles. The minimum absolute atomic E-state index is 0.755. The van der Waals surface area contributed by atoms with Crippen molar-refractivity contribution in [3.63, 3.8) is 0 Å². The summed E-state index contributed by atoms with van der Waals surface area (Å²) in [7, 11) is 0. The van der Waals surface area contributed by atoms with E-state index >= 15 is 0 Å². The van der Waals surface area contributed by atoms with Crippen molar-refractivity contribution in [3.8, 4) is 18.1 Å². The topological polar surface area (TPSA) is 9.23 Å². The maximum atomic E-state index is 5.54. The zero-order valence-corrected chi connectivity index (χ0v) is 8.62. The largest absolute Gasteiger partial charge is 0.494 e. The Balaban J connectivity index is 2.19. The van der Waals surface area contributed by atoms with Crippen molar-refractivity contribution in [2.24, 2.45) is 0 Å². The van der Waals surface area contributed by atoms with Crippen LogP contribution in [0.3, 0.4) is 0 Å². The molecule has 0 spiro atoms. The Bertz CT molecular complexity index is 292. The number of hydrogen-bond donors (Lipinski definition) is 0. The number of benzene rings is 1. The third-order valence-corrected chi connectivity index (χ3v) is 2.01. The molecule has 0 atom stereocenters. The lowest BCUT2D eigenvalue weighted by Crippen LogP contribution is -1.96. The SMILES string of the molecule is C#CCCCCOc1ccc(C)cc1. The van der Waals surface area contributed by atoms with Crippen molar-refractivity contribution in [1.29, 1.82) is 0 Å². The summed E-state index contributed by atoms with van der Waals surface area (Å²) in [5.41, 5.74) is 1.25. The van der Waals surface area contributed by atoms with Gasteiger partial charge in [-0.05, 0) is 31.9 Å². The maximum Gasteiger partial charge on any atom is 0.119 e. The molecular formula is C13H16O. The first kappa shape index (κ1) is 10.7. The molecule has 1 heteroatoms. The van der Waals surface area contributed by atoms with Crippen LogP contribution in [0.5, 0.6) is 5.75 Å². The molecule has 0 amide bonds. The van der Waals surface area contributed by atoms with Crippen molar-refractivity contribution < 1.29 is 4.74 Å². The second kappa shape index (κ2) is 6.10. The Morgan fingerprint density at radius 2 is 1.93 bits per heavy atom. The molecule has 1 aromatic carbocycles. The molecule has 74 valence electrons. The molecule has 0 radical (unpaired) electrons. The van der Waals surface area contributed by atoms with Crippen molar-refractivity contribution >= 4 is 0 Å². The zero-order chi connectivity index (χ0) is 10.2. The standard InChI is InChI=1S/C13H16O/c1-3-4-5-6-11-14-13-9-7-12(2)8-10-13/h1,7-10H,4-6,11H2,2H3. The van der Waals surface area contributed by atoms with Gasteiger partial charge in [-0.3, -0.25) is 0 Å². The number of ether oxygens (including phenoxy) is 1. The Morgan fingerprint density at radius 1 is 1.21 bits per heavy atom. The Morgan fingerprint density at radius 3 is 2.57 bits per heavy atom. The lowest BCUT2D eigenvalue weighted by Gasteiger charge is -2.05. The van der Waals surface area contributed by atoms with Crippen LogP contribution in [0.15, 0.2) is 24.3 Å². The zero-order valence-electron chi connectivity index (χ0n) is 8.62. The molecule has 0 N–H and O–H groups in total. The first-order valence-corrected chi connectivity index (χ1v) is 4.96. The first-order valence-electron chi connectivity index (χ1n) is 4.96. The van der Waals surface area contributed by atoms with Crippen LogP contribution in [0.2, 0.25) is 0 Å². The van der Waals surface area contributed by atoms with Crippen LogP contribution in [0.4, 0.5) is 0 Å². The molecule has 0 saturated carbocycles. The van der Waals surface area contributed by atoms with Crippen LogP contribution in [0.1, 0.15) is 24.8 Å². The number of hydrogen-bond acceptors (Lipinski definition) is 1. The molecule has 0 unspecified atom stereocenters. The summed E-state index contributed by atoms with van der Waals surface area (Å²) in [6, 6.07) is 8.10. The van der Waals surface area contributed by atoms with E-state index in [1.807, 2.05) is 12.1 Å². The maximum absolute atomic E-state index is 5.54.